The van der Waals surface area contributed by atoms with Crippen LogP contribution < -0.4 is 10.2 Å². The van der Waals surface area contributed by atoms with Crippen LogP contribution in [0, 0.1) is 0 Å². The van der Waals surface area contributed by atoms with Gasteiger partial charge in [-0.3, -0.25) is 5.43 Å². The molecule has 1 aromatic heterocycles. The monoisotopic (exact) mass is 500 g/mol. The number of hydrogen-bond acceptors (Lipinski definition) is 5. The average Bonchev–Trinajstić information content (AvgIpc) is 2.86. The summed E-state index contributed by atoms with van der Waals surface area (Å²) in [4.78, 5) is 9.45. The lowest BCUT2D eigenvalue weighted by Gasteiger charge is -2.08. The molecule has 33 heavy (non-hydrogen) atoms. The van der Waals surface area contributed by atoms with E-state index in [1.165, 1.54) is 0 Å². The maximum Gasteiger partial charge on any atom is 0.162 e. The first-order valence-corrected chi connectivity index (χ1v) is 11.7. The number of benzene rings is 3. The molecule has 4 rings (SSSR count). The van der Waals surface area contributed by atoms with E-state index in [4.69, 9.17) is 9.72 Å². The van der Waals surface area contributed by atoms with E-state index in [1.807, 2.05) is 84.9 Å². The molecule has 5 nitrogen and oxygen atoms in total. The number of nitrogens with one attached hydrogen (secondary N) is 1. The lowest BCUT2D eigenvalue weighted by molar-refractivity contribution is 0.309. The molecule has 0 fully saturated rings. The molecule has 0 atom stereocenters. The van der Waals surface area contributed by atoms with Gasteiger partial charge in [0.2, 0.25) is 0 Å². The van der Waals surface area contributed by atoms with E-state index in [9.17, 15) is 0 Å². The second kappa shape index (κ2) is 11.4. The van der Waals surface area contributed by atoms with Gasteiger partial charge < -0.3 is 4.74 Å². The quantitative estimate of drug-likeness (QED) is 0.150. The molecule has 0 aliphatic carbocycles. The van der Waals surface area contributed by atoms with Crippen LogP contribution >= 0.6 is 15.9 Å². The Morgan fingerprint density at radius 2 is 1.67 bits per heavy atom. The topological polar surface area (TPSA) is 59.4 Å². The Labute approximate surface area is 202 Å². The molecule has 4 aromatic rings. The molecule has 0 bridgehead atoms. The summed E-state index contributed by atoms with van der Waals surface area (Å²) in [6, 6.07) is 27.8. The van der Waals surface area contributed by atoms with Crippen LogP contribution in [0.25, 0.3) is 22.6 Å². The van der Waals surface area contributed by atoms with Crippen LogP contribution in [-0.2, 0) is 0 Å². The number of nitrogens with zero attached hydrogens (tertiary/aromatic N) is 3. The predicted molar refractivity (Wildman–Crippen MR) is 139 cm³/mol. The van der Waals surface area contributed by atoms with Gasteiger partial charge in [-0.1, -0.05) is 71.7 Å². The van der Waals surface area contributed by atoms with E-state index in [-0.39, 0.29) is 0 Å². The molecule has 166 valence electrons. The van der Waals surface area contributed by atoms with Gasteiger partial charge in [0.1, 0.15) is 5.75 Å². The summed E-state index contributed by atoms with van der Waals surface area (Å²) in [5, 5.41) is 4.39. The molecule has 3 aromatic carbocycles. The fourth-order valence-corrected chi connectivity index (χ4v) is 3.41. The number of halogens is 1. The Kier molecular flexibility index (Phi) is 7.82. The molecule has 0 aliphatic rings. The first-order valence-electron chi connectivity index (χ1n) is 10.9. The molecule has 0 unspecified atom stereocenters. The average molecular weight is 501 g/mol. The number of aromatic nitrogens is 2. The van der Waals surface area contributed by atoms with Crippen molar-refractivity contribution in [1.29, 1.82) is 0 Å². The molecule has 0 spiro atoms. The fourth-order valence-electron chi connectivity index (χ4n) is 3.15. The van der Waals surface area contributed by atoms with Crippen molar-refractivity contribution in [2.75, 3.05) is 12.0 Å². The molecule has 0 amide bonds. The van der Waals surface area contributed by atoms with Crippen LogP contribution in [0.5, 0.6) is 5.75 Å². The summed E-state index contributed by atoms with van der Waals surface area (Å²) in [6.07, 6.45) is 3.94. The van der Waals surface area contributed by atoms with Gasteiger partial charge in [0.05, 0.1) is 18.5 Å². The van der Waals surface area contributed by atoms with E-state index in [0.29, 0.717) is 11.6 Å². The predicted octanol–water partition coefficient (Wildman–Crippen LogP) is 7.20. The van der Waals surface area contributed by atoms with Crippen molar-refractivity contribution in [3.63, 3.8) is 0 Å². The smallest absolute Gasteiger partial charge is 0.162 e. The number of rotatable bonds is 9. The SMILES string of the molecule is CCCCOc1ccc(C=NNc2cc(-c3ccccc3)nc(-c3ccc(Br)cc3)n2)cc1. The summed E-state index contributed by atoms with van der Waals surface area (Å²) in [7, 11) is 0. The number of ether oxygens (including phenoxy) is 1. The molecule has 1 heterocycles. The summed E-state index contributed by atoms with van der Waals surface area (Å²) in [5.74, 6) is 2.13. The third-order valence-electron chi connectivity index (χ3n) is 4.94. The maximum absolute atomic E-state index is 5.71. The lowest BCUT2D eigenvalue weighted by atomic mass is 10.1. The molecule has 1 N–H and O–H groups in total. The Balaban J connectivity index is 1.54. The summed E-state index contributed by atoms with van der Waals surface area (Å²) in [6.45, 7) is 2.89. The van der Waals surface area contributed by atoms with Gasteiger partial charge in [-0.05, 0) is 48.4 Å². The molecular weight excluding hydrogens is 476 g/mol. The van der Waals surface area contributed by atoms with Crippen LogP contribution in [0.1, 0.15) is 25.3 Å². The minimum atomic E-state index is 0.623. The van der Waals surface area contributed by atoms with Gasteiger partial charge in [0.15, 0.2) is 11.6 Å². The standard InChI is InChI=1S/C27H25BrN4O/c1-2-3-17-33-24-15-9-20(10-16-24)19-29-32-26-18-25(21-7-5-4-6-8-21)30-27(31-26)22-11-13-23(28)14-12-22/h4-16,18-19H,2-3,17H2,1H3,(H,30,31,32). The van der Waals surface area contributed by atoms with E-state index >= 15 is 0 Å². The van der Waals surface area contributed by atoms with Gasteiger partial charge >= 0.3 is 0 Å². The van der Waals surface area contributed by atoms with Crippen molar-refractivity contribution < 1.29 is 4.74 Å². The number of unbranched alkanes of at least 4 members (excludes halogenated alkanes) is 1. The van der Waals surface area contributed by atoms with Crippen molar-refractivity contribution in [2.45, 2.75) is 19.8 Å². The Morgan fingerprint density at radius 3 is 2.39 bits per heavy atom. The highest BCUT2D eigenvalue weighted by Crippen LogP contribution is 2.25. The zero-order valence-electron chi connectivity index (χ0n) is 18.4. The number of anilines is 1. The van der Waals surface area contributed by atoms with E-state index in [0.717, 1.165) is 52.1 Å². The highest BCUT2D eigenvalue weighted by molar-refractivity contribution is 9.10. The van der Waals surface area contributed by atoms with E-state index in [2.05, 4.69) is 38.4 Å². The highest BCUT2D eigenvalue weighted by Gasteiger charge is 2.08. The van der Waals surface area contributed by atoms with E-state index in [1.54, 1.807) is 6.21 Å². The van der Waals surface area contributed by atoms with Crippen LogP contribution in [0.15, 0.2) is 94.5 Å². The minimum Gasteiger partial charge on any atom is -0.494 e. The summed E-state index contributed by atoms with van der Waals surface area (Å²) in [5.41, 5.74) is 6.81. The zero-order valence-corrected chi connectivity index (χ0v) is 20.0. The van der Waals surface area contributed by atoms with Crippen LogP contribution in [0.3, 0.4) is 0 Å². The van der Waals surface area contributed by atoms with Crippen molar-refractivity contribution in [1.82, 2.24) is 9.97 Å². The van der Waals surface area contributed by atoms with Gasteiger partial charge in [0.25, 0.3) is 0 Å². The number of hydrazone groups is 1. The molecule has 0 saturated carbocycles. The van der Waals surface area contributed by atoms with Crippen molar-refractivity contribution in [3.8, 4) is 28.4 Å². The van der Waals surface area contributed by atoms with E-state index < -0.39 is 0 Å². The molecular formula is C27H25BrN4O. The lowest BCUT2D eigenvalue weighted by Crippen LogP contribution is -1.99. The van der Waals surface area contributed by atoms with Crippen LogP contribution in [-0.4, -0.2) is 22.8 Å². The Hall–Kier alpha value is -3.51. The molecule has 0 aliphatic heterocycles. The largest absolute Gasteiger partial charge is 0.494 e. The van der Waals surface area contributed by atoms with Gasteiger partial charge in [-0.25, -0.2) is 9.97 Å². The van der Waals surface area contributed by atoms with Gasteiger partial charge in [-0.15, -0.1) is 0 Å². The summed E-state index contributed by atoms with van der Waals surface area (Å²) < 4.78 is 6.72. The summed E-state index contributed by atoms with van der Waals surface area (Å²) >= 11 is 3.48. The van der Waals surface area contributed by atoms with Crippen molar-refractivity contribution >= 4 is 28.0 Å². The van der Waals surface area contributed by atoms with Crippen LogP contribution in [0.4, 0.5) is 5.82 Å². The third-order valence-corrected chi connectivity index (χ3v) is 5.47. The first kappa shape index (κ1) is 22.7. The normalized spacial score (nSPS) is 11.0. The van der Waals surface area contributed by atoms with Crippen LogP contribution in [0.2, 0.25) is 0 Å². The second-order valence-corrected chi connectivity index (χ2v) is 8.39. The van der Waals surface area contributed by atoms with Gasteiger partial charge in [-0.2, -0.15) is 5.10 Å². The van der Waals surface area contributed by atoms with Crippen molar-refractivity contribution in [3.05, 3.63) is 95.0 Å². The van der Waals surface area contributed by atoms with Gasteiger partial charge in [0, 0.05) is 21.7 Å². The molecule has 6 heteroatoms. The maximum atomic E-state index is 5.71. The van der Waals surface area contributed by atoms with Crippen molar-refractivity contribution in [2.24, 2.45) is 5.10 Å². The molecule has 0 saturated heterocycles. The zero-order chi connectivity index (χ0) is 22.9. The second-order valence-electron chi connectivity index (χ2n) is 7.48. The highest BCUT2D eigenvalue weighted by atomic mass is 79.9. The Bertz CT molecular complexity index is 1190. The Morgan fingerprint density at radius 1 is 0.909 bits per heavy atom. The fraction of sp³-hybridized carbons (Fsp3) is 0.148. The third kappa shape index (κ3) is 6.49. The number of hydrogen-bond donors (Lipinski definition) is 1. The molecule has 0 radical (unpaired) electrons. The minimum absolute atomic E-state index is 0.623. The first-order chi connectivity index (χ1) is 16.2.